The van der Waals surface area contributed by atoms with Crippen molar-refractivity contribution < 1.29 is 22.7 Å². The highest BCUT2D eigenvalue weighted by atomic mass is 35.5. The zero-order chi connectivity index (χ0) is 29.4. The van der Waals surface area contributed by atoms with Crippen molar-refractivity contribution >= 4 is 50.7 Å². The molecule has 0 aliphatic carbocycles. The second-order valence-electron chi connectivity index (χ2n) is 9.26. The highest BCUT2D eigenvalue weighted by Gasteiger charge is 2.32. The van der Waals surface area contributed by atoms with Gasteiger partial charge in [-0.1, -0.05) is 60.0 Å². The molecule has 0 unspecified atom stereocenters. The normalized spacial score (nSPS) is 11.9. The van der Waals surface area contributed by atoms with Crippen molar-refractivity contribution in [3.8, 4) is 5.75 Å². The molecule has 0 aliphatic rings. The van der Waals surface area contributed by atoms with Crippen LogP contribution in [0.5, 0.6) is 5.75 Å². The lowest BCUT2D eigenvalue weighted by molar-refractivity contribution is -0.139. The van der Waals surface area contributed by atoms with E-state index in [4.69, 9.17) is 27.9 Å². The number of nitrogens with zero attached hydrogens (tertiary/aromatic N) is 2. The second kappa shape index (κ2) is 13.9. The van der Waals surface area contributed by atoms with Crippen molar-refractivity contribution in [1.82, 2.24) is 10.2 Å². The fourth-order valence-electron chi connectivity index (χ4n) is 3.91. The molecule has 3 aromatic rings. The highest BCUT2D eigenvalue weighted by Crippen LogP contribution is 2.31. The number of nitrogens with one attached hydrogen (secondary N) is 1. The Morgan fingerprint density at radius 2 is 1.62 bits per heavy atom. The number of benzene rings is 3. The van der Waals surface area contributed by atoms with E-state index >= 15 is 0 Å². The zero-order valence-electron chi connectivity index (χ0n) is 22.9. The molecule has 0 bridgehead atoms. The van der Waals surface area contributed by atoms with Gasteiger partial charge in [0, 0.05) is 13.1 Å². The van der Waals surface area contributed by atoms with Crippen molar-refractivity contribution in [2.45, 2.75) is 44.7 Å². The van der Waals surface area contributed by atoms with E-state index in [1.165, 1.54) is 35.2 Å². The van der Waals surface area contributed by atoms with Gasteiger partial charge in [-0.3, -0.25) is 13.9 Å². The standard InChI is InChI=1S/C29H33Cl2N3O5S/c1-5-16-32-29(36)21(3)33(18-22-8-11-24(39-4)12-9-22)28(35)19-34(23-10-15-26(30)27(31)17-23)40(37,38)25-13-6-20(2)7-14-25/h6-15,17,21H,5,16,18-19H2,1-4H3,(H,32,36)/t21-/m1/s1. The Morgan fingerprint density at radius 3 is 2.20 bits per heavy atom. The molecule has 1 atom stereocenters. The molecule has 214 valence electrons. The van der Waals surface area contributed by atoms with E-state index in [1.807, 2.05) is 13.8 Å². The van der Waals surface area contributed by atoms with Crippen LogP contribution in [0.2, 0.25) is 10.0 Å². The van der Waals surface area contributed by atoms with Crippen LogP contribution in [-0.2, 0) is 26.2 Å². The molecular formula is C29H33Cl2N3O5S. The van der Waals surface area contributed by atoms with Crippen LogP contribution in [0.1, 0.15) is 31.4 Å². The molecule has 1 N–H and O–H groups in total. The van der Waals surface area contributed by atoms with Gasteiger partial charge in [0.05, 0.1) is 27.7 Å². The first-order valence-corrected chi connectivity index (χ1v) is 14.9. The average Bonchev–Trinajstić information content (AvgIpc) is 2.94. The number of aryl methyl sites for hydroxylation is 1. The van der Waals surface area contributed by atoms with E-state index in [-0.39, 0.29) is 33.1 Å². The Kier molecular flexibility index (Phi) is 10.8. The SMILES string of the molecule is CCCNC(=O)[C@@H](C)N(Cc1ccc(OC)cc1)C(=O)CN(c1ccc(Cl)c(Cl)c1)S(=O)(=O)c1ccc(C)cc1. The van der Waals surface area contributed by atoms with Crippen LogP contribution in [-0.4, -0.2) is 51.4 Å². The lowest BCUT2D eigenvalue weighted by Gasteiger charge is -2.32. The lowest BCUT2D eigenvalue weighted by atomic mass is 10.1. The summed E-state index contributed by atoms with van der Waals surface area (Å²) in [5.41, 5.74) is 1.79. The number of carbonyl (C=O) groups excluding carboxylic acids is 2. The molecule has 0 saturated carbocycles. The predicted octanol–water partition coefficient (Wildman–Crippen LogP) is 5.45. The number of ether oxygens (including phenoxy) is 1. The third-order valence-corrected chi connectivity index (χ3v) is 8.83. The summed E-state index contributed by atoms with van der Waals surface area (Å²) in [5.74, 6) is -0.270. The third-order valence-electron chi connectivity index (χ3n) is 6.31. The zero-order valence-corrected chi connectivity index (χ0v) is 25.2. The summed E-state index contributed by atoms with van der Waals surface area (Å²) < 4.78 is 33.9. The van der Waals surface area contributed by atoms with Gasteiger partial charge >= 0.3 is 0 Å². The monoisotopic (exact) mass is 605 g/mol. The van der Waals surface area contributed by atoms with Crippen LogP contribution in [0.3, 0.4) is 0 Å². The minimum absolute atomic E-state index is 0.00686. The Balaban J connectivity index is 2.03. The third kappa shape index (κ3) is 7.68. The van der Waals surface area contributed by atoms with Gasteiger partial charge in [0.1, 0.15) is 18.3 Å². The molecule has 2 amide bonds. The molecule has 0 saturated heterocycles. The number of methoxy groups -OCH3 is 1. The Labute approximate surface area is 245 Å². The first-order chi connectivity index (χ1) is 19.0. The summed E-state index contributed by atoms with van der Waals surface area (Å²) in [5, 5.41) is 3.19. The van der Waals surface area contributed by atoms with E-state index in [9.17, 15) is 18.0 Å². The van der Waals surface area contributed by atoms with Gasteiger partial charge in [0.25, 0.3) is 10.0 Å². The first-order valence-electron chi connectivity index (χ1n) is 12.7. The molecular weight excluding hydrogens is 573 g/mol. The maximum atomic E-state index is 13.9. The predicted molar refractivity (Wildman–Crippen MR) is 158 cm³/mol. The molecule has 0 aromatic heterocycles. The number of amides is 2. The summed E-state index contributed by atoms with van der Waals surface area (Å²) in [6, 6.07) is 16.9. The van der Waals surface area contributed by atoms with Gasteiger partial charge in [0.2, 0.25) is 11.8 Å². The molecule has 3 aromatic carbocycles. The number of anilines is 1. The summed E-state index contributed by atoms with van der Waals surface area (Å²) in [6.07, 6.45) is 0.727. The van der Waals surface area contributed by atoms with Gasteiger partial charge in [-0.2, -0.15) is 0 Å². The number of sulfonamides is 1. The molecule has 0 spiro atoms. The Morgan fingerprint density at radius 1 is 0.975 bits per heavy atom. The molecule has 0 heterocycles. The number of hydrogen-bond acceptors (Lipinski definition) is 5. The summed E-state index contributed by atoms with van der Waals surface area (Å²) in [6.45, 7) is 5.34. The quantitative estimate of drug-likeness (QED) is 0.296. The van der Waals surface area contributed by atoms with Crippen LogP contribution < -0.4 is 14.4 Å². The maximum Gasteiger partial charge on any atom is 0.264 e. The molecule has 11 heteroatoms. The molecule has 3 rings (SSSR count). The molecule has 8 nitrogen and oxygen atoms in total. The number of hydrogen-bond donors (Lipinski definition) is 1. The van der Waals surface area contributed by atoms with Gasteiger partial charge in [-0.25, -0.2) is 8.42 Å². The van der Waals surface area contributed by atoms with Crippen molar-refractivity contribution in [2.24, 2.45) is 0 Å². The van der Waals surface area contributed by atoms with Gasteiger partial charge in [0.15, 0.2) is 0 Å². The lowest BCUT2D eigenvalue weighted by Crippen LogP contribution is -2.51. The average molecular weight is 607 g/mol. The minimum Gasteiger partial charge on any atom is -0.497 e. The van der Waals surface area contributed by atoms with Crippen LogP contribution in [0.25, 0.3) is 0 Å². The van der Waals surface area contributed by atoms with E-state index < -0.39 is 28.5 Å². The number of rotatable bonds is 12. The Hall–Kier alpha value is -3.27. The van der Waals surface area contributed by atoms with E-state index in [1.54, 1.807) is 50.4 Å². The van der Waals surface area contributed by atoms with Gasteiger partial charge in [-0.05, 0) is 68.3 Å². The molecule has 0 aliphatic heterocycles. The maximum absolute atomic E-state index is 13.9. The summed E-state index contributed by atoms with van der Waals surface area (Å²) in [4.78, 5) is 28.2. The van der Waals surface area contributed by atoms with Crippen molar-refractivity contribution in [2.75, 3.05) is 24.5 Å². The van der Waals surface area contributed by atoms with Crippen LogP contribution in [0.15, 0.2) is 71.6 Å². The first kappa shape index (κ1) is 31.3. The van der Waals surface area contributed by atoms with E-state index in [2.05, 4.69) is 5.32 Å². The van der Waals surface area contributed by atoms with Gasteiger partial charge < -0.3 is 15.0 Å². The molecule has 0 radical (unpaired) electrons. The van der Waals surface area contributed by atoms with Crippen LogP contribution in [0.4, 0.5) is 5.69 Å². The fraction of sp³-hybridized carbons (Fsp3) is 0.310. The summed E-state index contributed by atoms with van der Waals surface area (Å²) >= 11 is 12.3. The van der Waals surface area contributed by atoms with Crippen molar-refractivity contribution in [1.29, 1.82) is 0 Å². The number of carbonyl (C=O) groups is 2. The molecule has 40 heavy (non-hydrogen) atoms. The van der Waals surface area contributed by atoms with Crippen molar-refractivity contribution in [3.05, 3.63) is 87.9 Å². The summed E-state index contributed by atoms with van der Waals surface area (Å²) in [7, 11) is -2.65. The van der Waals surface area contributed by atoms with Gasteiger partial charge in [-0.15, -0.1) is 0 Å². The smallest absolute Gasteiger partial charge is 0.264 e. The second-order valence-corrected chi connectivity index (χ2v) is 11.9. The highest BCUT2D eigenvalue weighted by molar-refractivity contribution is 7.92. The van der Waals surface area contributed by atoms with Crippen molar-refractivity contribution in [3.63, 3.8) is 0 Å². The minimum atomic E-state index is -4.20. The number of halogens is 2. The fourth-order valence-corrected chi connectivity index (χ4v) is 5.61. The molecule has 0 fully saturated rings. The van der Waals surface area contributed by atoms with Crippen LogP contribution >= 0.6 is 23.2 Å². The van der Waals surface area contributed by atoms with Crippen LogP contribution in [0, 0.1) is 6.92 Å². The Bertz CT molecular complexity index is 1430. The van der Waals surface area contributed by atoms with E-state index in [0.717, 1.165) is 21.9 Å². The largest absolute Gasteiger partial charge is 0.497 e. The van der Waals surface area contributed by atoms with E-state index in [0.29, 0.717) is 12.3 Å². The topological polar surface area (TPSA) is 96.0 Å².